The van der Waals surface area contributed by atoms with Gasteiger partial charge in [-0.05, 0) is 47.0 Å². The average Bonchev–Trinajstić information content (AvgIpc) is 2.15. The van der Waals surface area contributed by atoms with Crippen LogP contribution in [0.2, 0.25) is 0 Å². The molecule has 84 valence electrons. The molecule has 1 unspecified atom stereocenters. The normalized spacial score (nSPS) is 12.3. The second-order valence-corrected chi connectivity index (χ2v) is 4.22. The topological polar surface area (TPSA) is 38.7 Å². The van der Waals surface area contributed by atoms with Gasteiger partial charge in [0.15, 0.2) is 11.5 Å². The van der Waals surface area contributed by atoms with Gasteiger partial charge in [0.25, 0.3) is 0 Å². The number of hydrogen-bond acceptors (Lipinski definition) is 3. The lowest BCUT2D eigenvalue weighted by atomic mass is 10.1. The Bertz CT molecular complexity index is 337. The lowest BCUT2D eigenvalue weighted by Crippen LogP contribution is -2.04. The van der Waals surface area contributed by atoms with Crippen molar-refractivity contribution in [1.82, 2.24) is 0 Å². The fraction of sp³-hybridized carbons (Fsp3) is 0.455. The zero-order valence-electron chi connectivity index (χ0n) is 9.08. The molecule has 1 rings (SSSR count). The van der Waals surface area contributed by atoms with Gasteiger partial charge in [-0.2, -0.15) is 0 Å². The van der Waals surface area contributed by atoms with Crippen molar-refractivity contribution >= 4 is 15.9 Å². The van der Waals surface area contributed by atoms with E-state index in [1.54, 1.807) is 21.1 Å². The fourth-order valence-corrected chi connectivity index (χ4v) is 2.08. The molecule has 15 heavy (non-hydrogen) atoms. The van der Waals surface area contributed by atoms with Crippen molar-refractivity contribution in [2.45, 2.75) is 19.4 Å². The molecule has 1 aromatic carbocycles. The lowest BCUT2D eigenvalue weighted by molar-refractivity contribution is 0.195. The van der Waals surface area contributed by atoms with Gasteiger partial charge in [-0.25, -0.2) is 0 Å². The van der Waals surface area contributed by atoms with E-state index in [2.05, 4.69) is 15.9 Å². The highest BCUT2D eigenvalue weighted by Crippen LogP contribution is 2.36. The SMILES string of the molecule is COc1cc(CC(C)O)cc(Br)c1OC. The molecule has 0 aliphatic carbocycles. The van der Waals surface area contributed by atoms with Crippen LogP contribution in [0.3, 0.4) is 0 Å². The van der Waals surface area contributed by atoms with E-state index in [4.69, 9.17) is 9.47 Å². The van der Waals surface area contributed by atoms with Crippen LogP contribution >= 0.6 is 15.9 Å². The van der Waals surface area contributed by atoms with E-state index in [9.17, 15) is 5.11 Å². The number of benzene rings is 1. The number of hydrogen-bond donors (Lipinski definition) is 1. The lowest BCUT2D eigenvalue weighted by Gasteiger charge is -2.12. The molecular formula is C11H15BrO3. The van der Waals surface area contributed by atoms with Gasteiger partial charge in [0.05, 0.1) is 24.8 Å². The molecule has 0 heterocycles. The first-order chi connectivity index (χ1) is 7.08. The van der Waals surface area contributed by atoms with Gasteiger partial charge in [0.2, 0.25) is 0 Å². The number of aliphatic hydroxyl groups excluding tert-OH is 1. The predicted octanol–water partition coefficient (Wildman–Crippen LogP) is 2.39. The predicted molar refractivity (Wildman–Crippen MR) is 62.6 cm³/mol. The first-order valence-electron chi connectivity index (χ1n) is 4.67. The van der Waals surface area contributed by atoms with E-state index in [1.807, 2.05) is 12.1 Å². The molecule has 0 aliphatic heterocycles. The highest BCUT2D eigenvalue weighted by Gasteiger charge is 2.11. The molecule has 0 bridgehead atoms. The van der Waals surface area contributed by atoms with Crippen LogP contribution in [0.4, 0.5) is 0 Å². The maximum atomic E-state index is 9.30. The van der Waals surface area contributed by atoms with Gasteiger partial charge in [0, 0.05) is 0 Å². The van der Waals surface area contributed by atoms with Crippen LogP contribution in [-0.4, -0.2) is 25.4 Å². The summed E-state index contributed by atoms with van der Waals surface area (Å²) < 4.78 is 11.2. The van der Waals surface area contributed by atoms with E-state index < -0.39 is 0 Å². The van der Waals surface area contributed by atoms with E-state index in [1.165, 1.54) is 0 Å². The summed E-state index contributed by atoms with van der Waals surface area (Å²) in [6.45, 7) is 1.75. The summed E-state index contributed by atoms with van der Waals surface area (Å²) in [5.74, 6) is 1.34. The largest absolute Gasteiger partial charge is 0.493 e. The van der Waals surface area contributed by atoms with Crippen molar-refractivity contribution in [3.8, 4) is 11.5 Å². The van der Waals surface area contributed by atoms with Crippen LogP contribution in [0.1, 0.15) is 12.5 Å². The van der Waals surface area contributed by atoms with E-state index >= 15 is 0 Å². The summed E-state index contributed by atoms with van der Waals surface area (Å²) in [7, 11) is 3.19. The van der Waals surface area contributed by atoms with Crippen molar-refractivity contribution < 1.29 is 14.6 Å². The van der Waals surface area contributed by atoms with E-state index in [0.717, 1.165) is 10.0 Å². The summed E-state index contributed by atoms with van der Waals surface area (Å²) in [4.78, 5) is 0. The van der Waals surface area contributed by atoms with Crippen molar-refractivity contribution in [3.05, 3.63) is 22.2 Å². The molecule has 0 amide bonds. The molecule has 0 saturated carbocycles. The molecule has 4 heteroatoms. The molecule has 0 spiro atoms. The van der Waals surface area contributed by atoms with Crippen LogP contribution in [0, 0.1) is 0 Å². The Hall–Kier alpha value is -0.740. The molecule has 0 aliphatic rings. The fourth-order valence-electron chi connectivity index (χ4n) is 1.43. The van der Waals surface area contributed by atoms with Gasteiger partial charge in [0.1, 0.15) is 0 Å². The van der Waals surface area contributed by atoms with E-state index in [0.29, 0.717) is 17.9 Å². The van der Waals surface area contributed by atoms with Gasteiger partial charge in [-0.1, -0.05) is 0 Å². The van der Waals surface area contributed by atoms with Crippen LogP contribution < -0.4 is 9.47 Å². The van der Waals surface area contributed by atoms with Crippen LogP contribution in [0.25, 0.3) is 0 Å². The van der Waals surface area contributed by atoms with Gasteiger partial charge in [-0.3, -0.25) is 0 Å². The average molecular weight is 275 g/mol. The van der Waals surface area contributed by atoms with Crippen molar-refractivity contribution in [2.24, 2.45) is 0 Å². The van der Waals surface area contributed by atoms with E-state index in [-0.39, 0.29) is 6.10 Å². The minimum absolute atomic E-state index is 0.366. The van der Waals surface area contributed by atoms with Crippen molar-refractivity contribution in [2.75, 3.05) is 14.2 Å². The zero-order valence-corrected chi connectivity index (χ0v) is 10.7. The Morgan fingerprint density at radius 1 is 1.33 bits per heavy atom. The molecular weight excluding hydrogens is 260 g/mol. The zero-order chi connectivity index (χ0) is 11.4. The maximum Gasteiger partial charge on any atom is 0.174 e. The minimum Gasteiger partial charge on any atom is -0.493 e. The molecule has 0 aromatic heterocycles. The van der Waals surface area contributed by atoms with Crippen molar-refractivity contribution in [1.29, 1.82) is 0 Å². The molecule has 1 aromatic rings. The first kappa shape index (κ1) is 12.3. The van der Waals surface area contributed by atoms with Gasteiger partial charge < -0.3 is 14.6 Å². The Kier molecular flexibility index (Phi) is 4.42. The minimum atomic E-state index is -0.366. The summed E-state index contributed by atoms with van der Waals surface area (Å²) in [6, 6.07) is 3.80. The maximum absolute atomic E-state index is 9.30. The third-order valence-electron chi connectivity index (χ3n) is 2.02. The summed E-state index contributed by atoms with van der Waals surface area (Å²) in [6.07, 6.45) is 0.230. The number of methoxy groups -OCH3 is 2. The highest BCUT2D eigenvalue weighted by atomic mass is 79.9. The smallest absolute Gasteiger partial charge is 0.174 e. The van der Waals surface area contributed by atoms with Crippen molar-refractivity contribution in [3.63, 3.8) is 0 Å². The molecule has 0 radical (unpaired) electrons. The van der Waals surface area contributed by atoms with Crippen LogP contribution in [-0.2, 0) is 6.42 Å². The molecule has 3 nitrogen and oxygen atoms in total. The Labute approximate surface area is 98.1 Å². The standard InChI is InChI=1S/C11H15BrO3/c1-7(13)4-8-5-9(12)11(15-3)10(6-8)14-2/h5-7,13H,4H2,1-3H3. The Balaban J connectivity index is 3.08. The Morgan fingerprint density at radius 2 is 2.00 bits per heavy atom. The second kappa shape index (κ2) is 5.37. The number of ether oxygens (including phenoxy) is 2. The molecule has 1 atom stereocenters. The van der Waals surface area contributed by atoms with Crippen LogP contribution in [0.5, 0.6) is 11.5 Å². The van der Waals surface area contributed by atoms with Crippen LogP contribution in [0.15, 0.2) is 16.6 Å². The third-order valence-corrected chi connectivity index (χ3v) is 2.61. The number of rotatable bonds is 4. The van der Waals surface area contributed by atoms with Gasteiger partial charge in [-0.15, -0.1) is 0 Å². The summed E-state index contributed by atoms with van der Waals surface area (Å²) in [5, 5.41) is 9.30. The molecule has 1 N–H and O–H groups in total. The first-order valence-corrected chi connectivity index (χ1v) is 5.46. The Morgan fingerprint density at radius 3 is 2.47 bits per heavy atom. The highest BCUT2D eigenvalue weighted by molar-refractivity contribution is 9.10. The number of halogens is 1. The van der Waals surface area contributed by atoms with Gasteiger partial charge >= 0.3 is 0 Å². The summed E-state index contributed by atoms with van der Waals surface area (Å²) >= 11 is 3.40. The quantitative estimate of drug-likeness (QED) is 0.917. The summed E-state index contributed by atoms with van der Waals surface area (Å²) in [5.41, 5.74) is 1.01. The number of aliphatic hydroxyl groups is 1. The molecule has 0 saturated heterocycles. The third kappa shape index (κ3) is 3.11. The molecule has 0 fully saturated rings. The monoisotopic (exact) mass is 274 g/mol. The second-order valence-electron chi connectivity index (χ2n) is 3.37.